The molecular formula is C18H20N8. The summed E-state index contributed by atoms with van der Waals surface area (Å²) in [4.78, 5) is 8.94. The number of aryl methyl sites for hydroxylation is 4. The van der Waals surface area contributed by atoms with E-state index in [2.05, 4.69) is 59.4 Å². The molecule has 0 aliphatic carbocycles. The molecule has 0 amide bonds. The minimum Gasteiger partial charge on any atom is -0.362 e. The molecule has 0 bridgehead atoms. The quantitative estimate of drug-likeness (QED) is 0.574. The molecule has 8 heteroatoms. The Kier molecular flexibility index (Phi) is 4.30. The van der Waals surface area contributed by atoms with Gasteiger partial charge in [-0.3, -0.25) is 4.68 Å². The zero-order chi connectivity index (χ0) is 17.9. The van der Waals surface area contributed by atoms with E-state index in [1.807, 2.05) is 20.0 Å². The van der Waals surface area contributed by atoms with Crippen LogP contribution in [0.1, 0.15) is 17.2 Å². The molecule has 8 nitrogen and oxygen atoms in total. The van der Waals surface area contributed by atoms with E-state index in [1.165, 1.54) is 5.56 Å². The predicted octanol–water partition coefficient (Wildman–Crippen LogP) is 2.12. The van der Waals surface area contributed by atoms with Crippen LogP contribution in [0.25, 0.3) is 11.0 Å². The van der Waals surface area contributed by atoms with Crippen molar-refractivity contribution < 1.29 is 0 Å². The minimum absolute atomic E-state index is 0.537. The van der Waals surface area contributed by atoms with Crippen LogP contribution in [-0.4, -0.2) is 34.5 Å². The first-order valence-corrected chi connectivity index (χ1v) is 8.51. The lowest BCUT2D eigenvalue weighted by Gasteiger charge is -2.09. The second-order valence-corrected chi connectivity index (χ2v) is 6.15. The first-order chi connectivity index (χ1) is 12.7. The fourth-order valence-electron chi connectivity index (χ4n) is 2.93. The Morgan fingerprint density at radius 3 is 2.81 bits per heavy atom. The molecule has 26 heavy (non-hydrogen) atoms. The molecule has 1 aromatic carbocycles. The van der Waals surface area contributed by atoms with Crippen molar-refractivity contribution in [3.8, 4) is 0 Å². The Hall–Kier alpha value is -3.29. The van der Waals surface area contributed by atoms with Gasteiger partial charge < -0.3 is 9.88 Å². The maximum absolute atomic E-state index is 4.50. The van der Waals surface area contributed by atoms with Gasteiger partial charge in [-0.15, -0.1) is 10.2 Å². The van der Waals surface area contributed by atoms with Crippen molar-refractivity contribution in [1.29, 1.82) is 0 Å². The highest BCUT2D eigenvalue weighted by Crippen LogP contribution is 2.19. The van der Waals surface area contributed by atoms with Crippen LogP contribution in [0.3, 0.4) is 0 Å². The van der Waals surface area contributed by atoms with Gasteiger partial charge in [0, 0.05) is 13.6 Å². The van der Waals surface area contributed by atoms with E-state index in [1.54, 1.807) is 17.2 Å². The van der Waals surface area contributed by atoms with Gasteiger partial charge in [-0.05, 0) is 18.9 Å². The summed E-state index contributed by atoms with van der Waals surface area (Å²) < 4.78 is 3.81. The zero-order valence-corrected chi connectivity index (χ0v) is 14.8. The van der Waals surface area contributed by atoms with Crippen molar-refractivity contribution in [1.82, 2.24) is 34.5 Å². The molecule has 4 rings (SSSR count). The molecule has 0 fully saturated rings. The van der Waals surface area contributed by atoms with Crippen LogP contribution < -0.4 is 5.32 Å². The van der Waals surface area contributed by atoms with E-state index in [-0.39, 0.29) is 0 Å². The van der Waals surface area contributed by atoms with Gasteiger partial charge in [0.15, 0.2) is 11.5 Å². The van der Waals surface area contributed by atoms with Gasteiger partial charge in [-0.1, -0.05) is 30.3 Å². The maximum Gasteiger partial charge on any atom is 0.163 e. The molecule has 0 saturated carbocycles. The lowest BCUT2D eigenvalue weighted by atomic mass is 10.1. The van der Waals surface area contributed by atoms with Gasteiger partial charge >= 0.3 is 0 Å². The van der Waals surface area contributed by atoms with Crippen LogP contribution in [0, 0.1) is 6.92 Å². The van der Waals surface area contributed by atoms with Crippen molar-refractivity contribution in [2.24, 2.45) is 7.05 Å². The normalized spacial score (nSPS) is 11.2. The number of aromatic nitrogens is 7. The number of rotatable bonds is 6. The Balaban J connectivity index is 1.48. The summed E-state index contributed by atoms with van der Waals surface area (Å²) >= 11 is 0. The van der Waals surface area contributed by atoms with Crippen molar-refractivity contribution >= 4 is 16.9 Å². The third-order valence-electron chi connectivity index (χ3n) is 4.30. The SMILES string of the molecule is Cc1nc(NCc2nncn2CCc2ccccc2)c2cnn(C)c2n1. The third kappa shape index (κ3) is 3.26. The highest BCUT2D eigenvalue weighted by Gasteiger charge is 2.11. The van der Waals surface area contributed by atoms with Gasteiger partial charge in [-0.25, -0.2) is 9.97 Å². The minimum atomic E-state index is 0.537. The molecule has 0 atom stereocenters. The molecule has 0 spiro atoms. The first kappa shape index (κ1) is 16.2. The number of anilines is 1. The van der Waals surface area contributed by atoms with Gasteiger partial charge in [0.25, 0.3) is 0 Å². The predicted molar refractivity (Wildman–Crippen MR) is 98.5 cm³/mol. The van der Waals surface area contributed by atoms with Gasteiger partial charge in [0.05, 0.1) is 18.1 Å². The van der Waals surface area contributed by atoms with Crippen LogP contribution in [0.2, 0.25) is 0 Å². The summed E-state index contributed by atoms with van der Waals surface area (Å²) in [5, 5.41) is 16.8. The summed E-state index contributed by atoms with van der Waals surface area (Å²) in [5.41, 5.74) is 2.11. The Morgan fingerprint density at radius 1 is 1.12 bits per heavy atom. The van der Waals surface area contributed by atoms with E-state index in [0.29, 0.717) is 12.4 Å². The summed E-state index contributed by atoms with van der Waals surface area (Å²) in [6, 6.07) is 10.4. The molecule has 0 aliphatic heterocycles. The van der Waals surface area contributed by atoms with E-state index < -0.39 is 0 Å². The smallest absolute Gasteiger partial charge is 0.163 e. The molecular weight excluding hydrogens is 328 g/mol. The molecule has 0 aliphatic rings. The Bertz CT molecular complexity index is 1020. The van der Waals surface area contributed by atoms with Crippen molar-refractivity contribution in [2.45, 2.75) is 26.4 Å². The first-order valence-electron chi connectivity index (χ1n) is 8.51. The van der Waals surface area contributed by atoms with Gasteiger partial charge in [0.1, 0.15) is 18.0 Å². The van der Waals surface area contributed by atoms with Crippen LogP contribution in [0.5, 0.6) is 0 Å². The lowest BCUT2D eigenvalue weighted by molar-refractivity contribution is 0.657. The van der Waals surface area contributed by atoms with Crippen LogP contribution in [0.4, 0.5) is 5.82 Å². The van der Waals surface area contributed by atoms with Crippen LogP contribution in [0.15, 0.2) is 42.9 Å². The molecule has 132 valence electrons. The van der Waals surface area contributed by atoms with Crippen molar-refractivity contribution in [3.05, 3.63) is 60.1 Å². The highest BCUT2D eigenvalue weighted by atomic mass is 15.3. The van der Waals surface area contributed by atoms with Crippen molar-refractivity contribution in [3.63, 3.8) is 0 Å². The third-order valence-corrected chi connectivity index (χ3v) is 4.30. The number of hydrogen-bond acceptors (Lipinski definition) is 6. The second-order valence-electron chi connectivity index (χ2n) is 6.15. The van der Waals surface area contributed by atoms with Crippen molar-refractivity contribution in [2.75, 3.05) is 5.32 Å². The average Bonchev–Trinajstić information content (AvgIpc) is 3.26. The number of benzene rings is 1. The summed E-state index contributed by atoms with van der Waals surface area (Å²) in [7, 11) is 1.87. The van der Waals surface area contributed by atoms with E-state index in [4.69, 9.17) is 0 Å². The largest absolute Gasteiger partial charge is 0.362 e. The highest BCUT2D eigenvalue weighted by molar-refractivity contribution is 5.86. The molecule has 0 radical (unpaired) electrons. The molecule has 1 N–H and O–H groups in total. The molecule has 0 unspecified atom stereocenters. The summed E-state index contributed by atoms with van der Waals surface area (Å²) in [6.07, 6.45) is 4.48. The topological polar surface area (TPSA) is 86.3 Å². The molecule has 4 aromatic rings. The molecule has 3 heterocycles. The Morgan fingerprint density at radius 2 is 1.96 bits per heavy atom. The second kappa shape index (κ2) is 6.91. The Labute approximate surface area is 150 Å². The number of nitrogens with one attached hydrogen (secondary N) is 1. The number of fused-ring (bicyclic) bond motifs is 1. The monoisotopic (exact) mass is 348 g/mol. The molecule has 0 saturated heterocycles. The fraction of sp³-hybridized carbons (Fsp3) is 0.278. The maximum atomic E-state index is 4.50. The number of hydrogen-bond donors (Lipinski definition) is 1. The zero-order valence-electron chi connectivity index (χ0n) is 14.8. The van der Waals surface area contributed by atoms with E-state index >= 15 is 0 Å². The standard InChI is InChI=1S/C18H20N8/c1-13-22-17(15-10-21-25(2)18(15)23-13)19-11-16-24-20-12-26(16)9-8-14-6-4-3-5-7-14/h3-7,10,12H,8-9,11H2,1-2H3,(H,19,22,23). The van der Waals surface area contributed by atoms with Gasteiger partial charge in [0.2, 0.25) is 0 Å². The summed E-state index contributed by atoms with van der Waals surface area (Å²) in [6.45, 7) is 3.24. The molecule has 3 aromatic heterocycles. The number of nitrogens with zero attached hydrogens (tertiary/aromatic N) is 7. The average molecular weight is 348 g/mol. The van der Waals surface area contributed by atoms with Crippen LogP contribution in [-0.2, 0) is 26.6 Å². The van der Waals surface area contributed by atoms with E-state index in [0.717, 1.165) is 35.6 Å². The fourth-order valence-corrected chi connectivity index (χ4v) is 2.93. The van der Waals surface area contributed by atoms with E-state index in [9.17, 15) is 0 Å². The lowest BCUT2D eigenvalue weighted by Crippen LogP contribution is -2.11. The summed E-state index contributed by atoms with van der Waals surface area (Å²) in [5.74, 6) is 2.33. The van der Waals surface area contributed by atoms with Crippen LogP contribution >= 0.6 is 0 Å². The van der Waals surface area contributed by atoms with Gasteiger partial charge in [-0.2, -0.15) is 5.10 Å².